The van der Waals surface area contributed by atoms with Crippen LogP contribution in [0.3, 0.4) is 0 Å². The summed E-state index contributed by atoms with van der Waals surface area (Å²) in [7, 11) is 0. The van der Waals surface area contributed by atoms with E-state index in [2.05, 4.69) is 63.2 Å². The highest BCUT2D eigenvalue weighted by Gasteiger charge is 2.09. The van der Waals surface area contributed by atoms with Crippen LogP contribution in [0, 0.1) is 0 Å². The Hall–Kier alpha value is -2.53. The minimum absolute atomic E-state index is 0.687. The molecule has 1 heterocycles. The SMILES string of the molecule is CCCCCNCc1ccc(-c2ccccc2-c2nnn[nH]2)cc1. The molecule has 0 aliphatic carbocycles. The van der Waals surface area contributed by atoms with Crippen molar-refractivity contribution in [3.63, 3.8) is 0 Å². The van der Waals surface area contributed by atoms with Gasteiger partial charge in [0.1, 0.15) is 0 Å². The van der Waals surface area contributed by atoms with Crippen molar-refractivity contribution < 1.29 is 0 Å². The Kier molecular flexibility index (Phi) is 5.69. The van der Waals surface area contributed by atoms with Gasteiger partial charge in [-0.15, -0.1) is 5.10 Å². The highest BCUT2D eigenvalue weighted by molar-refractivity contribution is 5.80. The third-order valence-electron chi connectivity index (χ3n) is 4.08. The van der Waals surface area contributed by atoms with Crippen LogP contribution in [0.1, 0.15) is 31.7 Å². The molecule has 3 rings (SSSR count). The van der Waals surface area contributed by atoms with Crippen molar-refractivity contribution in [3.8, 4) is 22.5 Å². The van der Waals surface area contributed by atoms with Crippen LogP contribution >= 0.6 is 0 Å². The highest BCUT2D eigenvalue weighted by Crippen LogP contribution is 2.29. The maximum atomic E-state index is 4.03. The third kappa shape index (κ3) is 4.06. The molecule has 0 spiro atoms. The number of unbranched alkanes of at least 4 members (excludes halogenated alkanes) is 2. The van der Waals surface area contributed by atoms with Crippen LogP contribution in [0.25, 0.3) is 22.5 Å². The standard InChI is InChI=1S/C19H23N5/c1-2-3-6-13-20-14-15-9-11-16(12-10-15)17-7-4-5-8-18(17)19-21-23-24-22-19/h4-5,7-12,20H,2-3,6,13-14H2,1H3,(H,21,22,23,24). The van der Waals surface area contributed by atoms with Gasteiger partial charge < -0.3 is 5.32 Å². The first kappa shape index (κ1) is 16.3. The van der Waals surface area contributed by atoms with Gasteiger partial charge in [0.25, 0.3) is 0 Å². The summed E-state index contributed by atoms with van der Waals surface area (Å²) in [4.78, 5) is 0. The third-order valence-corrected chi connectivity index (χ3v) is 4.08. The zero-order chi connectivity index (χ0) is 16.6. The fraction of sp³-hybridized carbons (Fsp3) is 0.316. The van der Waals surface area contributed by atoms with E-state index in [1.54, 1.807) is 0 Å². The molecule has 0 bridgehead atoms. The van der Waals surface area contributed by atoms with Crippen LogP contribution in [0.2, 0.25) is 0 Å². The van der Waals surface area contributed by atoms with Gasteiger partial charge in [-0.2, -0.15) is 0 Å². The average Bonchev–Trinajstić information content (AvgIpc) is 3.17. The summed E-state index contributed by atoms with van der Waals surface area (Å²) < 4.78 is 0. The number of nitrogens with one attached hydrogen (secondary N) is 2. The highest BCUT2D eigenvalue weighted by atomic mass is 15.5. The lowest BCUT2D eigenvalue weighted by molar-refractivity contribution is 0.617. The molecule has 0 amide bonds. The largest absolute Gasteiger partial charge is 0.313 e. The van der Waals surface area contributed by atoms with Crippen molar-refractivity contribution in [2.75, 3.05) is 6.54 Å². The van der Waals surface area contributed by atoms with E-state index >= 15 is 0 Å². The van der Waals surface area contributed by atoms with Crippen LogP contribution in [0.4, 0.5) is 0 Å². The predicted octanol–water partition coefficient (Wildman–Crippen LogP) is 3.81. The Labute approximate surface area is 142 Å². The first-order chi connectivity index (χ1) is 11.9. The number of rotatable bonds is 8. The van der Waals surface area contributed by atoms with E-state index in [1.807, 2.05) is 18.2 Å². The summed E-state index contributed by atoms with van der Waals surface area (Å²) in [6, 6.07) is 16.8. The fourth-order valence-electron chi connectivity index (χ4n) is 2.75. The Morgan fingerprint density at radius 2 is 1.75 bits per heavy atom. The van der Waals surface area contributed by atoms with Gasteiger partial charge in [0, 0.05) is 12.1 Å². The maximum Gasteiger partial charge on any atom is 0.180 e. The number of hydrogen-bond donors (Lipinski definition) is 2. The van der Waals surface area contributed by atoms with Gasteiger partial charge in [-0.3, -0.25) is 0 Å². The normalized spacial score (nSPS) is 10.9. The number of aromatic amines is 1. The van der Waals surface area contributed by atoms with Crippen LogP contribution in [0.15, 0.2) is 48.5 Å². The zero-order valence-electron chi connectivity index (χ0n) is 14.0. The van der Waals surface area contributed by atoms with E-state index in [1.165, 1.54) is 24.8 Å². The molecule has 3 aromatic rings. The van der Waals surface area contributed by atoms with Gasteiger partial charge in [-0.1, -0.05) is 68.3 Å². The van der Waals surface area contributed by atoms with Gasteiger partial charge in [-0.05, 0) is 40.1 Å². The molecule has 2 aromatic carbocycles. The maximum absolute atomic E-state index is 4.03. The lowest BCUT2D eigenvalue weighted by Gasteiger charge is -2.09. The molecular weight excluding hydrogens is 298 g/mol. The zero-order valence-corrected chi connectivity index (χ0v) is 14.0. The molecule has 0 aliphatic heterocycles. The van der Waals surface area contributed by atoms with Gasteiger partial charge >= 0.3 is 0 Å². The van der Waals surface area contributed by atoms with Crippen LogP contribution in [-0.4, -0.2) is 27.2 Å². The number of benzene rings is 2. The second kappa shape index (κ2) is 8.36. The summed E-state index contributed by atoms with van der Waals surface area (Å²) >= 11 is 0. The number of nitrogens with zero attached hydrogens (tertiary/aromatic N) is 3. The van der Waals surface area contributed by atoms with Crippen LogP contribution < -0.4 is 5.32 Å². The number of hydrogen-bond acceptors (Lipinski definition) is 4. The van der Waals surface area contributed by atoms with E-state index in [9.17, 15) is 0 Å². The number of H-pyrrole nitrogens is 1. The first-order valence-corrected chi connectivity index (χ1v) is 8.51. The monoisotopic (exact) mass is 321 g/mol. The average molecular weight is 321 g/mol. The molecule has 0 fully saturated rings. The Morgan fingerprint density at radius 3 is 2.46 bits per heavy atom. The smallest absolute Gasteiger partial charge is 0.180 e. The lowest BCUT2D eigenvalue weighted by atomic mass is 9.98. The van der Waals surface area contributed by atoms with E-state index in [0.29, 0.717) is 5.82 Å². The molecule has 0 unspecified atom stereocenters. The van der Waals surface area contributed by atoms with Gasteiger partial charge in [0.05, 0.1) is 0 Å². The molecule has 5 heteroatoms. The summed E-state index contributed by atoms with van der Waals surface area (Å²) in [5.74, 6) is 0.687. The topological polar surface area (TPSA) is 66.5 Å². The van der Waals surface area contributed by atoms with E-state index in [0.717, 1.165) is 29.8 Å². The van der Waals surface area contributed by atoms with Crippen molar-refractivity contribution in [2.24, 2.45) is 0 Å². The van der Waals surface area contributed by atoms with E-state index in [4.69, 9.17) is 0 Å². The van der Waals surface area contributed by atoms with Crippen molar-refractivity contribution in [2.45, 2.75) is 32.7 Å². The minimum Gasteiger partial charge on any atom is -0.313 e. The summed E-state index contributed by atoms with van der Waals surface area (Å²) in [5, 5.41) is 17.7. The molecule has 124 valence electrons. The van der Waals surface area contributed by atoms with Crippen LogP contribution in [0.5, 0.6) is 0 Å². The Morgan fingerprint density at radius 1 is 0.958 bits per heavy atom. The molecule has 0 saturated heterocycles. The first-order valence-electron chi connectivity index (χ1n) is 8.51. The van der Waals surface area contributed by atoms with Crippen molar-refractivity contribution in [3.05, 3.63) is 54.1 Å². The molecule has 0 aliphatic rings. The molecule has 2 N–H and O–H groups in total. The summed E-state index contributed by atoms with van der Waals surface area (Å²) in [6.07, 6.45) is 3.79. The van der Waals surface area contributed by atoms with E-state index < -0.39 is 0 Å². The minimum atomic E-state index is 0.687. The van der Waals surface area contributed by atoms with Gasteiger partial charge in [0.15, 0.2) is 5.82 Å². The van der Waals surface area contributed by atoms with Crippen LogP contribution in [-0.2, 0) is 6.54 Å². The molecular formula is C19H23N5. The lowest BCUT2D eigenvalue weighted by Crippen LogP contribution is -2.14. The Balaban J connectivity index is 1.70. The van der Waals surface area contributed by atoms with Gasteiger partial charge in [-0.25, -0.2) is 5.10 Å². The fourth-order valence-corrected chi connectivity index (χ4v) is 2.75. The predicted molar refractivity (Wildman–Crippen MR) is 96.3 cm³/mol. The molecule has 5 nitrogen and oxygen atoms in total. The second-order valence-electron chi connectivity index (χ2n) is 5.88. The van der Waals surface area contributed by atoms with Gasteiger partial charge in [0.2, 0.25) is 0 Å². The molecule has 24 heavy (non-hydrogen) atoms. The molecule has 0 radical (unpaired) electrons. The summed E-state index contributed by atoms with van der Waals surface area (Å²) in [6.45, 7) is 4.22. The van der Waals surface area contributed by atoms with Crippen molar-refractivity contribution in [1.29, 1.82) is 0 Å². The van der Waals surface area contributed by atoms with Crippen molar-refractivity contribution in [1.82, 2.24) is 25.9 Å². The number of aromatic nitrogens is 4. The quantitative estimate of drug-likeness (QED) is 0.619. The van der Waals surface area contributed by atoms with E-state index in [-0.39, 0.29) is 0 Å². The molecule has 1 aromatic heterocycles. The summed E-state index contributed by atoms with van der Waals surface area (Å²) in [5.41, 5.74) is 4.59. The second-order valence-corrected chi connectivity index (χ2v) is 5.88. The van der Waals surface area contributed by atoms with Crippen molar-refractivity contribution >= 4 is 0 Å². The molecule has 0 atom stereocenters. The Bertz CT molecular complexity index is 735. The molecule has 0 saturated carbocycles. The number of tetrazole rings is 1.